The molecular weight excluding hydrogens is 254 g/mol. The fraction of sp³-hybridized carbons (Fsp3) is 0.333. The van der Waals surface area contributed by atoms with Gasteiger partial charge in [-0.05, 0) is 37.1 Å². The van der Waals surface area contributed by atoms with Crippen molar-refractivity contribution in [1.29, 1.82) is 0 Å². The van der Waals surface area contributed by atoms with E-state index in [0.29, 0.717) is 12.2 Å². The number of carbonyl (C=O) groups excluding carboxylic acids is 1. The third-order valence-electron chi connectivity index (χ3n) is 3.32. The molecule has 5 nitrogen and oxygen atoms in total. The van der Waals surface area contributed by atoms with E-state index in [-0.39, 0.29) is 17.5 Å². The molecule has 20 heavy (non-hydrogen) atoms. The van der Waals surface area contributed by atoms with Gasteiger partial charge in [-0.3, -0.25) is 4.79 Å². The number of aromatic amines is 1. The number of hydrogen-bond donors (Lipinski definition) is 3. The van der Waals surface area contributed by atoms with E-state index in [9.17, 15) is 9.90 Å². The van der Waals surface area contributed by atoms with Gasteiger partial charge >= 0.3 is 0 Å². The number of nitrogens with one attached hydrogen (secondary N) is 1. The molecule has 106 valence electrons. The molecule has 0 aliphatic carbocycles. The third kappa shape index (κ3) is 3.45. The smallest absolute Gasteiger partial charge is 0.188 e. The van der Waals surface area contributed by atoms with E-state index in [1.165, 1.54) is 6.33 Å². The van der Waals surface area contributed by atoms with E-state index in [4.69, 9.17) is 5.73 Å². The number of Topliss-reactive ketones (excluding diaryl/α,β-unsaturated/α-hetero) is 1. The second kappa shape index (κ2) is 6.86. The van der Waals surface area contributed by atoms with Gasteiger partial charge in [-0.15, -0.1) is 0 Å². The molecule has 0 amide bonds. The lowest BCUT2D eigenvalue weighted by Gasteiger charge is -2.15. The Morgan fingerprint density at radius 1 is 1.30 bits per heavy atom. The molecule has 1 unspecified atom stereocenters. The standard InChI is InChI=1S/C15H19N3O2/c16-8-2-1-3-13(11-4-6-12(19)7-5-11)15(20)14-9-17-10-18-14/h4-7,9-10,13,19H,1-3,8,16H2,(H,17,18). The normalized spacial score (nSPS) is 12.2. The Labute approximate surface area is 117 Å². The van der Waals surface area contributed by atoms with Gasteiger partial charge in [0.25, 0.3) is 0 Å². The summed E-state index contributed by atoms with van der Waals surface area (Å²) in [7, 11) is 0. The lowest BCUT2D eigenvalue weighted by molar-refractivity contribution is 0.0949. The summed E-state index contributed by atoms with van der Waals surface area (Å²) in [6, 6.07) is 6.78. The van der Waals surface area contributed by atoms with Gasteiger partial charge in [-0.25, -0.2) is 4.98 Å². The molecule has 0 saturated carbocycles. The average Bonchev–Trinajstić information content (AvgIpc) is 2.98. The summed E-state index contributed by atoms with van der Waals surface area (Å²) in [4.78, 5) is 19.3. The first-order valence-corrected chi connectivity index (χ1v) is 6.74. The zero-order valence-corrected chi connectivity index (χ0v) is 11.2. The van der Waals surface area contributed by atoms with Gasteiger partial charge in [0.2, 0.25) is 0 Å². The predicted molar refractivity (Wildman–Crippen MR) is 76.7 cm³/mol. The molecule has 2 rings (SSSR count). The van der Waals surface area contributed by atoms with E-state index >= 15 is 0 Å². The van der Waals surface area contributed by atoms with E-state index in [1.54, 1.807) is 30.5 Å². The Morgan fingerprint density at radius 3 is 2.65 bits per heavy atom. The number of aromatic nitrogens is 2. The van der Waals surface area contributed by atoms with Crippen LogP contribution in [0.5, 0.6) is 5.75 Å². The van der Waals surface area contributed by atoms with Gasteiger partial charge in [0, 0.05) is 5.92 Å². The van der Waals surface area contributed by atoms with Crippen molar-refractivity contribution < 1.29 is 9.90 Å². The second-order valence-corrected chi connectivity index (χ2v) is 4.76. The number of benzene rings is 1. The number of rotatable bonds is 7. The molecule has 0 radical (unpaired) electrons. The lowest BCUT2D eigenvalue weighted by atomic mass is 9.88. The van der Waals surface area contributed by atoms with E-state index in [2.05, 4.69) is 9.97 Å². The number of phenolic OH excluding ortho intramolecular Hbond substituents is 1. The van der Waals surface area contributed by atoms with E-state index in [1.807, 2.05) is 0 Å². The van der Waals surface area contributed by atoms with Crippen molar-refractivity contribution in [3.05, 3.63) is 48.0 Å². The van der Waals surface area contributed by atoms with Gasteiger partial charge in [0.05, 0.1) is 12.5 Å². The van der Waals surface area contributed by atoms with Crippen LogP contribution >= 0.6 is 0 Å². The maximum atomic E-state index is 12.5. The van der Waals surface area contributed by atoms with Gasteiger partial charge in [-0.2, -0.15) is 0 Å². The first kappa shape index (κ1) is 14.3. The second-order valence-electron chi connectivity index (χ2n) is 4.76. The SMILES string of the molecule is NCCCCC(C(=O)c1cnc[nH]1)c1ccc(O)cc1. The first-order chi connectivity index (χ1) is 9.72. The quantitative estimate of drug-likeness (QED) is 0.532. The maximum Gasteiger partial charge on any atom is 0.188 e. The highest BCUT2D eigenvalue weighted by Crippen LogP contribution is 2.27. The Kier molecular flexibility index (Phi) is 4.90. The number of imidazole rings is 1. The van der Waals surface area contributed by atoms with Crippen LogP contribution in [0.2, 0.25) is 0 Å². The number of unbranched alkanes of at least 4 members (excludes halogenated alkanes) is 1. The number of phenols is 1. The van der Waals surface area contributed by atoms with E-state index in [0.717, 1.165) is 24.8 Å². The van der Waals surface area contributed by atoms with Crippen molar-refractivity contribution >= 4 is 5.78 Å². The Morgan fingerprint density at radius 2 is 2.05 bits per heavy atom. The van der Waals surface area contributed by atoms with Crippen molar-refractivity contribution in [2.75, 3.05) is 6.54 Å². The zero-order chi connectivity index (χ0) is 14.4. The predicted octanol–water partition coefficient (Wildman–Crippen LogP) is 2.21. The molecule has 1 aromatic heterocycles. The van der Waals surface area contributed by atoms with E-state index < -0.39 is 0 Å². The summed E-state index contributed by atoms with van der Waals surface area (Å²) in [6.07, 6.45) is 5.56. The van der Waals surface area contributed by atoms with Crippen LogP contribution in [0.25, 0.3) is 0 Å². The van der Waals surface area contributed by atoms with Crippen LogP contribution in [-0.4, -0.2) is 27.4 Å². The minimum absolute atomic E-state index is 0.0187. The molecule has 1 atom stereocenters. The fourth-order valence-corrected chi connectivity index (χ4v) is 2.23. The highest BCUT2D eigenvalue weighted by Gasteiger charge is 2.22. The van der Waals surface area contributed by atoms with Crippen LogP contribution in [0.1, 0.15) is 41.2 Å². The number of nitrogens with zero attached hydrogens (tertiary/aromatic N) is 1. The summed E-state index contributed by atoms with van der Waals surface area (Å²) in [6.45, 7) is 0.626. The number of H-pyrrole nitrogens is 1. The lowest BCUT2D eigenvalue weighted by Crippen LogP contribution is -2.14. The number of carbonyl (C=O) groups is 1. The molecule has 0 fully saturated rings. The van der Waals surface area contributed by atoms with Gasteiger partial charge in [0.1, 0.15) is 11.4 Å². The molecule has 1 aromatic carbocycles. The van der Waals surface area contributed by atoms with Crippen LogP contribution in [0.15, 0.2) is 36.8 Å². The molecule has 0 saturated heterocycles. The molecule has 0 bridgehead atoms. The van der Waals surface area contributed by atoms with Crippen molar-refractivity contribution in [2.24, 2.45) is 5.73 Å². The van der Waals surface area contributed by atoms with Crippen molar-refractivity contribution in [2.45, 2.75) is 25.2 Å². The molecule has 2 aromatic rings. The molecule has 0 spiro atoms. The fourth-order valence-electron chi connectivity index (χ4n) is 2.23. The molecule has 0 aliphatic rings. The summed E-state index contributed by atoms with van der Waals surface area (Å²) >= 11 is 0. The monoisotopic (exact) mass is 273 g/mol. The molecule has 1 heterocycles. The summed E-state index contributed by atoms with van der Waals surface area (Å²) < 4.78 is 0. The number of nitrogens with two attached hydrogens (primary N) is 1. The van der Waals surface area contributed by atoms with Crippen LogP contribution in [0.3, 0.4) is 0 Å². The van der Waals surface area contributed by atoms with Crippen molar-refractivity contribution in [3.63, 3.8) is 0 Å². The van der Waals surface area contributed by atoms with Gasteiger partial charge in [0.15, 0.2) is 5.78 Å². The molecule has 4 N–H and O–H groups in total. The summed E-state index contributed by atoms with van der Waals surface area (Å²) in [5.41, 5.74) is 6.92. The maximum absolute atomic E-state index is 12.5. The molecular formula is C15H19N3O2. The van der Waals surface area contributed by atoms with Gasteiger partial charge in [-0.1, -0.05) is 18.6 Å². The molecule has 0 aliphatic heterocycles. The number of aromatic hydroxyl groups is 1. The topological polar surface area (TPSA) is 92.0 Å². The van der Waals surface area contributed by atoms with Crippen LogP contribution in [0.4, 0.5) is 0 Å². The zero-order valence-electron chi connectivity index (χ0n) is 11.2. The minimum Gasteiger partial charge on any atom is -0.508 e. The molecule has 5 heteroatoms. The number of hydrogen-bond acceptors (Lipinski definition) is 4. The van der Waals surface area contributed by atoms with Crippen molar-refractivity contribution in [1.82, 2.24) is 9.97 Å². The highest BCUT2D eigenvalue weighted by molar-refractivity contribution is 5.99. The van der Waals surface area contributed by atoms with Crippen molar-refractivity contribution in [3.8, 4) is 5.75 Å². The summed E-state index contributed by atoms with van der Waals surface area (Å²) in [5, 5.41) is 9.36. The minimum atomic E-state index is -0.234. The van der Waals surface area contributed by atoms with Gasteiger partial charge < -0.3 is 15.8 Å². The number of ketones is 1. The van der Waals surface area contributed by atoms with Crippen LogP contribution < -0.4 is 5.73 Å². The third-order valence-corrected chi connectivity index (χ3v) is 3.32. The van der Waals surface area contributed by atoms with Crippen LogP contribution in [0, 0.1) is 0 Å². The highest BCUT2D eigenvalue weighted by atomic mass is 16.3. The van der Waals surface area contributed by atoms with Crippen LogP contribution in [-0.2, 0) is 0 Å². The summed E-state index contributed by atoms with van der Waals surface area (Å²) in [5.74, 6) is -0.0174. The Hall–Kier alpha value is -2.14. The first-order valence-electron chi connectivity index (χ1n) is 6.74. The Balaban J connectivity index is 2.19. The Bertz CT molecular complexity index is 535. The largest absolute Gasteiger partial charge is 0.508 e. The average molecular weight is 273 g/mol.